The molecule has 1 fully saturated rings. The van der Waals surface area contributed by atoms with E-state index in [2.05, 4.69) is 18.3 Å². The van der Waals surface area contributed by atoms with E-state index in [1.165, 1.54) is 12.8 Å². The van der Waals surface area contributed by atoms with Crippen LogP contribution < -0.4 is 5.32 Å². The Morgan fingerprint density at radius 3 is 2.75 bits per heavy atom. The van der Waals surface area contributed by atoms with Gasteiger partial charge >= 0.3 is 0 Å². The van der Waals surface area contributed by atoms with Crippen LogP contribution in [0.4, 0.5) is 5.69 Å². The highest BCUT2D eigenvalue weighted by atomic mass is 32.2. The van der Waals surface area contributed by atoms with Gasteiger partial charge in [-0.15, -0.1) is 11.8 Å². The van der Waals surface area contributed by atoms with Gasteiger partial charge in [0.2, 0.25) is 0 Å². The molecular weight excluding hydrogens is 216 g/mol. The van der Waals surface area contributed by atoms with Crippen LogP contribution in [0.25, 0.3) is 0 Å². The molecule has 2 nitrogen and oxygen atoms in total. The van der Waals surface area contributed by atoms with Crippen molar-refractivity contribution < 1.29 is 0 Å². The van der Waals surface area contributed by atoms with Crippen molar-refractivity contribution in [1.82, 2.24) is 0 Å². The fraction of sp³-hybridized carbons (Fsp3) is 0.462. The summed E-state index contributed by atoms with van der Waals surface area (Å²) in [5, 5.41) is 12.6. The number of nitrogens with one attached hydrogen (secondary N) is 1. The third-order valence-electron chi connectivity index (χ3n) is 3.09. The quantitative estimate of drug-likeness (QED) is 0.810. The molecule has 1 aliphatic rings. The maximum absolute atomic E-state index is 9.18. The first kappa shape index (κ1) is 11.3. The zero-order chi connectivity index (χ0) is 11.5. The van der Waals surface area contributed by atoms with Crippen LogP contribution in [0.1, 0.15) is 25.3 Å². The summed E-state index contributed by atoms with van der Waals surface area (Å²) in [7, 11) is 0. The van der Waals surface area contributed by atoms with Crippen molar-refractivity contribution >= 4 is 17.4 Å². The predicted octanol–water partition coefficient (Wildman–Crippen LogP) is 3.49. The monoisotopic (exact) mass is 232 g/mol. The van der Waals surface area contributed by atoms with E-state index in [9.17, 15) is 5.26 Å². The summed E-state index contributed by atoms with van der Waals surface area (Å²) < 4.78 is 0. The number of nitrogens with zero attached hydrogens (tertiary/aromatic N) is 1. The second-order valence-electron chi connectivity index (χ2n) is 4.41. The first-order chi connectivity index (χ1) is 7.74. The van der Waals surface area contributed by atoms with E-state index in [1.807, 2.05) is 24.5 Å². The number of anilines is 1. The topological polar surface area (TPSA) is 35.8 Å². The van der Waals surface area contributed by atoms with E-state index >= 15 is 0 Å². The summed E-state index contributed by atoms with van der Waals surface area (Å²) in [5.74, 6) is 0.826. The fourth-order valence-electron chi connectivity index (χ4n) is 2.18. The van der Waals surface area contributed by atoms with Gasteiger partial charge in [0.25, 0.3) is 0 Å². The van der Waals surface area contributed by atoms with E-state index in [0.29, 0.717) is 6.04 Å². The molecule has 0 unspecified atom stereocenters. The molecule has 0 bridgehead atoms. The highest BCUT2D eigenvalue weighted by molar-refractivity contribution is 7.98. The van der Waals surface area contributed by atoms with Crippen molar-refractivity contribution in [2.24, 2.45) is 5.92 Å². The van der Waals surface area contributed by atoms with Gasteiger partial charge in [0.05, 0.1) is 11.3 Å². The van der Waals surface area contributed by atoms with Gasteiger partial charge in [-0.1, -0.05) is 13.0 Å². The zero-order valence-electron chi connectivity index (χ0n) is 9.66. The smallest absolute Gasteiger partial charge is 0.102 e. The Morgan fingerprint density at radius 2 is 2.19 bits per heavy atom. The highest BCUT2D eigenvalue weighted by Crippen LogP contribution is 2.32. The minimum atomic E-state index is 0.555. The molecule has 3 heteroatoms. The van der Waals surface area contributed by atoms with Crippen molar-refractivity contribution in [3.8, 4) is 6.07 Å². The number of hydrogen-bond acceptors (Lipinski definition) is 3. The molecule has 0 aromatic heterocycles. The molecule has 0 radical (unpaired) electrons. The van der Waals surface area contributed by atoms with Gasteiger partial charge in [-0.25, -0.2) is 0 Å². The number of benzene rings is 1. The molecule has 1 aromatic carbocycles. The Bertz CT molecular complexity index is 416. The first-order valence-corrected chi connectivity index (χ1v) is 6.80. The Hall–Kier alpha value is -1.14. The third-order valence-corrected chi connectivity index (χ3v) is 3.87. The van der Waals surface area contributed by atoms with E-state index in [4.69, 9.17) is 0 Å². The van der Waals surface area contributed by atoms with Crippen LogP contribution in [-0.2, 0) is 0 Å². The van der Waals surface area contributed by atoms with E-state index < -0.39 is 0 Å². The Labute approximate surface area is 101 Å². The SMILES string of the molecule is CSc1cccc(NC2CC(C)C2)c1C#N. The maximum Gasteiger partial charge on any atom is 0.102 e. The summed E-state index contributed by atoms with van der Waals surface area (Å²) in [4.78, 5) is 1.06. The van der Waals surface area contributed by atoms with Crippen molar-refractivity contribution in [3.63, 3.8) is 0 Å². The lowest BCUT2D eigenvalue weighted by Crippen LogP contribution is -2.34. The Balaban J connectivity index is 2.17. The molecule has 1 N–H and O–H groups in total. The van der Waals surface area contributed by atoms with Gasteiger partial charge < -0.3 is 5.32 Å². The molecule has 16 heavy (non-hydrogen) atoms. The summed E-state index contributed by atoms with van der Waals surface area (Å²) in [6.45, 7) is 2.27. The molecule has 1 aliphatic carbocycles. The summed E-state index contributed by atoms with van der Waals surface area (Å²) in [5.41, 5.74) is 1.78. The van der Waals surface area contributed by atoms with Crippen molar-refractivity contribution in [2.45, 2.75) is 30.7 Å². The Morgan fingerprint density at radius 1 is 1.44 bits per heavy atom. The number of nitriles is 1. The molecule has 0 saturated heterocycles. The number of hydrogen-bond donors (Lipinski definition) is 1. The second-order valence-corrected chi connectivity index (χ2v) is 5.26. The third kappa shape index (κ3) is 2.17. The molecular formula is C13H16N2S. The summed E-state index contributed by atoms with van der Waals surface area (Å²) in [6.07, 6.45) is 4.44. The zero-order valence-corrected chi connectivity index (χ0v) is 10.5. The van der Waals surface area contributed by atoms with Crippen LogP contribution in [0, 0.1) is 17.2 Å². The summed E-state index contributed by atoms with van der Waals surface area (Å²) >= 11 is 1.62. The standard InChI is InChI=1S/C13H16N2S/c1-9-6-10(7-9)15-12-4-3-5-13(16-2)11(12)8-14/h3-5,9-10,15H,6-7H2,1-2H3. The predicted molar refractivity (Wildman–Crippen MR) is 68.7 cm³/mol. The maximum atomic E-state index is 9.18. The fourth-order valence-corrected chi connectivity index (χ4v) is 2.75. The molecule has 0 amide bonds. The molecule has 0 heterocycles. The lowest BCUT2D eigenvalue weighted by molar-refractivity contribution is 0.309. The van der Waals surface area contributed by atoms with E-state index in [0.717, 1.165) is 22.1 Å². The van der Waals surface area contributed by atoms with Crippen molar-refractivity contribution in [1.29, 1.82) is 5.26 Å². The first-order valence-electron chi connectivity index (χ1n) is 5.58. The van der Waals surface area contributed by atoms with Crippen LogP contribution in [0.5, 0.6) is 0 Å². The molecule has 1 aromatic rings. The van der Waals surface area contributed by atoms with Crippen LogP contribution in [0.2, 0.25) is 0 Å². The second kappa shape index (κ2) is 4.80. The molecule has 0 atom stereocenters. The Kier molecular flexibility index (Phi) is 3.40. The summed E-state index contributed by atoms with van der Waals surface area (Å²) in [6, 6.07) is 8.86. The van der Waals surface area contributed by atoms with Gasteiger partial charge in [-0.3, -0.25) is 0 Å². The normalized spacial score (nSPS) is 23.3. The van der Waals surface area contributed by atoms with Gasteiger partial charge in [0, 0.05) is 10.9 Å². The van der Waals surface area contributed by atoms with Crippen LogP contribution >= 0.6 is 11.8 Å². The lowest BCUT2D eigenvalue weighted by atomic mass is 9.81. The lowest BCUT2D eigenvalue weighted by Gasteiger charge is -2.34. The molecule has 0 spiro atoms. The van der Waals surface area contributed by atoms with Gasteiger partial charge in [0.1, 0.15) is 6.07 Å². The van der Waals surface area contributed by atoms with Crippen LogP contribution in [0.15, 0.2) is 23.1 Å². The van der Waals surface area contributed by atoms with Gasteiger partial charge in [-0.2, -0.15) is 5.26 Å². The van der Waals surface area contributed by atoms with E-state index in [-0.39, 0.29) is 0 Å². The average molecular weight is 232 g/mol. The van der Waals surface area contributed by atoms with Crippen molar-refractivity contribution in [2.75, 3.05) is 11.6 Å². The number of rotatable bonds is 3. The minimum Gasteiger partial charge on any atom is -0.381 e. The number of thioether (sulfide) groups is 1. The molecule has 1 saturated carbocycles. The van der Waals surface area contributed by atoms with Gasteiger partial charge in [0.15, 0.2) is 0 Å². The van der Waals surface area contributed by atoms with Crippen LogP contribution in [0.3, 0.4) is 0 Å². The van der Waals surface area contributed by atoms with Crippen LogP contribution in [-0.4, -0.2) is 12.3 Å². The average Bonchev–Trinajstić information content (AvgIpc) is 2.26. The minimum absolute atomic E-state index is 0.555. The van der Waals surface area contributed by atoms with Gasteiger partial charge in [-0.05, 0) is 37.1 Å². The highest BCUT2D eigenvalue weighted by Gasteiger charge is 2.25. The molecule has 2 rings (SSSR count). The largest absolute Gasteiger partial charge is 0.381 e. The molecule has 84 valence electrons. The van der Waals surface area contributed by atoms with E-state index in [1.54, 1.807) is 11.8 Å². The molecule has 0 aliphatic heterocycles. The van der Waals surface area contributed by atoms with Crippen molar-refractivity contribution in [3.05, 3.63) is 23.8 Å².